The number of imide groups is 1. The molecule has 0 unspecified atom stereocenters. The Kier molecular flexibility index (Phi) is 3.91. The van der Waals surface area contributed by atoms with Crippen molar-refractivity contribution in [3.8, 4) is 0 Å². The van der Waals surface area contributed by atoms with Crippen LogP contribution in [-0.2, 0) is 24.7 Å². The minimum atomic E-state index is -1.32. The van der Waals surface area contributed by atoms with Gasteiger partial charge >= 0.3 is 0 Å². The lowest BCUT2D eigenvalue weighted by atomic mass is 9.76. The Morgan fingerprint density at radius 2 is 1.86 bits per heavy atom. The molecule has 28 heavy (non-hydrogen) atoms. The molecule has 4 N–H and O–H groups in total. The second-order valence-electron chi connectivity index (χ2n) is 8.75. The lowest BCUT2D eigenvalue weighted by Crippen LogP contribution is -2.55. The van der Waals surface area contributed by atoms with Gasteiger partial charge in [-0.05, 0) is 33.3 Å². The van der Waals surface area contributed by atoms with Gasteiger partial charge in [0, 0.05) is 29.3 Å². The molecule has 148 valence electrons. The smallest absolute Gasteiger partial charge is 0.250 e. The third kappa shape index (κ3) is 2.33. The fraction of sp³-hybridized carbons (Fsp3) is 0.500. The number of carbonyl (C=O) groups excluding carboxylic acids is 4. The van der Waals surface area contributed by atoms with Gasteiger partial charge in [-0.1, -0.05) is 18.2 Å². The summed E-state index contributed by atoms with van der Waals surface area (Å²) in [6.45, 7) is 5.39. The number of fused-ring (bicyclic) bond motifs is 4. The first-order valence-electron chi connectivity index (χ1n) is 9.44. The maximum Gasteiger partial charge on any atom is 0.250 e. The maximum absolute atomic E-state index is 13.4. The van der Waals surface area contributed by atoms with E-state index in [1.807, 2.05) is 0 Å². The highest BCUT2D eigenvalue weighted by molar-refractivity contribution is 6.15. The van der Waals surface area contributed by atoms with Gasteiger partial charge in [-0.3, -0.25) is 29.4 Å². The van der Waals surface area contributed by atoms with Crippen molar-refractivity contribution in [2.24, 2.45) is 17.6 Å². The van der Waals surface area contributed by atoms with Crippen LogP contribution < -0.4 is 16.4 Å². The SMILES string of the molecule is CC(C)(C)N1C(=O)[C@@H]2[C@H](CCC(N)=O)N[C@]3(C(=O)Nc4ccccc43)[C@@H]2C1=O. The van der Waals surface area contributed by atoms with E-state index in [0.29, 0.717) is 11.3 Å². The van der Waals surface area contributed by atoms with Crippen LogP contribution >= 0.6 is 0 Å². The number of carbonyl (C=O) groups is 4. The molecule has 1 spiro atoms. The standard InChI is InChI=1S/C20H24N4O4/c1-19(2,3)24-16(26)14-12(8-9-13(21)25)23-20(15(14)17(24)27)10-6-4-5-7-11(10)22-18(20)28/h4-7,12,14-15,23H,8-9H2,1-3H3,(H2,21,25)(H,22,28)/t12-,14+,15-,20-/m0/s1. The zero-order chi connectivity index (χ0) is 20.4. The van der Waals surface area contributed by atoms with Crippen LogP contribution in [0.2, 0.25) is 0 Å². The van der Waals surface area contributed by atoms with Gasteiger partial charge in [0.05, 0.1) is 11.8 Å². The highest BCUT2D eigenvalue weighted by Gasteiger charge is 2.71. The second-order valence-corrected chi connectivity index (χ2v) is 8.75. The number of nitrogens with zero attached hydrogens (tertiary/aromatic N) is 1. The van der Waals surface area contributed by atoms with Gasteiger partial charge in [0.2, 0.25) is 23.6 Å². The minimum absolute atomic E-state index is 0.0667. The van der Waals surface area contributed by atoms with Crippen LogP contribution in [0.25, 0.3) is 0 Å². The average Bonchev–Trinajstić information content (AvgIpc) is 3.17. The number of anilines is 1. The summed E-state index contributed by atoms with van der Waals surface area (Å²) in [5.74, 6) is -3.08. The predicted octanol–water partition coefficient (Wildman–Crippen LogP) is 0.471. The van der Waals surface area contributed by atoms with E-state index in [9.17, 15) is 19.2 Å². The quantitative estimate of drug-likeness (QED) is 0.654. The molecule has 0 aliphatic carbocycles. The summed E-state index contributed by atoms with van der Waals surface area (Å²) in [7, 11) is 0. The summed E-state index contributed by atoms with van der Waals surface area (Å²) in [6, 6.07) is 6.68. The van der Waals surface area contributed by atoms with Crippen LogP contribution in [-0.4, -0.2) is 40.1 Å². The number of hydrogen-bond donors (Lipinski definition) is 3. The number of rotatable bonds is 3. The molecule has 4 atom stereocenters. The van der Waals surface area contributed by atoms with Crippen molar-refractivity contribution in [1.82, 2.24) is 10.2 Å². The van der Waals surface area contributed by atoms with Crippen molar-refractivity contribution in [3.63, 3.8) is 0 Å². The van der Waals surface area contributed by atoms with E-state index >= 15 is 0 Å². The normalized spacial score (nSPS) is 31.3. The van der Waals surface area contributed by atoms with Crippen LogP contribution in [0.3, 0.4) is 0 Å². The second kappa shape index (κ2) is 5.88. The van der Waals surface area contributed by atoms with E-state index in [-0.39, 0.29) is 30.6 Å². The van der Waals surface area contributed by atoms with E-state index in [2.05, 4.69) is 10.6 Å². The van der Waals surface area contributed by atoms with E-state index in [1.165, 1.54) is 4.90 Å². The number of primary amides is 1. The lowest BCUT2D eigenvalue weighted by Gasteiger charge is -2.34. The number of benzene rings is 1. The van der Waals surface area contributed by atoms with Gasteiger partial charge in [-0.15, -0.1) is 0 Å². The molecule has 0 bridgehead atoms. The van der Waals surface area contributed by atoms with Crippen molar-refractivity contribution < 1.29 is 19.2 Å². The molecule has 3 aliphatic heterocycles. The van der Waals surface area contributed by atoms with Crippen molar-refractivity contribution >= 4 is 29.3 Å². The molecule has 1 aromatic rings. The van der Waals surface area contributed by atoms with Gasteiger partial charge in [0.1, 0.15) is 5.54 Å². The third-order valence-electron chi connectivity index (χ3n) is 5.99. The molecule has 2 fully saturated rings. The van der Waals surface area contributed by atoms with Crippen molar-refractivity contribution in [3.05, 3.63) is 29.8 Å². The van der Waals surface area contributed by atoms with Crippen LogP contribution in [0.4, 0.5) is 5.69 Å². The van der Waals surface area contributed by atoms with Gasteiger partial charge in [0.15, 0.2) is 0 Å². The number of nitrogens with two attached hydrogens (primary N) is 1. The van der Waals surface area contributed by atoms with Crippen LogP contribution in [0.15, 0.2) is 24.3 Å². The molecule has 0 aromatic heterocycles. The average molecular weight is 384 g/mol. The highest BCUT2D eigenvalue weighted by Crippen LogP contribution is 2.54. The Labute approximate surface area is 162 Å². The molecule has 3 heterocycles. The summed E-state index contributed by atoms with van der Waals surface area (Å²) < 4.78 is 0. The van der Waals surface area contributed by atoms with Crippen LogP contribution in [0.5, 0.6) is 0 Å². The van der Waals surface area contributed by atoms with Crippen molar-refractivity contribution in [2.75, 3.05) is 5.32 Å². The Hall–Kier alpha value is -2.74. The molecule has 4 rings (SSSR count). The van der Waals surface area contributed by atoms with E-state index < -0.39 is 34.9 Å². The number of likely N-dealkylation sites (tertiary alicyclic amines) is 1. The van der Waals surface area contributed by atoms with Crippen molar-refractivity contribution in [1.29, 1.82) is 0 Å². The molecule has 0 saturated carbocycles. The minimum Gasteiger partial charge on any atom is -0.370 e. The number of para-hydroxylation sites is 1. The molecule has 8 heteroatoms. The molecule has 8 nitrogen and oxygen atoms in total. The molecule has 1 aromatic carbocycles. The van der Waals surface area contributed by atoms with Crippen LogP contribution in [0.1, 0.15) is 39.2 Å². The number of amides is 4. The Bertz CT molecular complexity index is 906. The summed E-state index contributed by atoms with van der Waals surface area (Å²) in [6.07, 6.45) is 0.349. The Morgan fingerprint density at radius 3 is 2.50 bits per heavy atom. The van der Waals surface area contributed by atoms with E-state index in [0.717, 1.165) is 0 Å². The summed E-state index contributed by atoms with van der Waals surface area (Å²) in [5, 5.41) is 6.12. The zero-order valence-electron chi connectivity index (χ0n) is 16.1. The molecule has 3 aliphatic rings. The predicted molar refractivity (Wildman–Crippen MR) is 101 cm³/mol. The summed E-state index contributed by atoms with van der Waals surface area (Å²) >= 11 is 0. The van der Waals surface area contributed by atoms with Crippen LogP contribution in [0, 0.1) is 11.8 Å². The molecule has 2 saturated heterocycles. The third-order valence-corrected chi connectivity index (χ3v) is 5.99. The fourth-order valence-corrected chi connectivity index (χ4v) is 4.97. The van der Waals surface area contributed by atoms with Gasteiger partial charge in [0.25, 0.3) is 0 Å². The summed E-state index contributed by atoms with van der Waals surface area (Å²) in [5.41, 5.74) is 4.57. The lowest BCUT2D eigenvalue weighted by molar-refractivity contribution is -0.148. The van der Waals surface area contributed by atoms with Crippen molar-refractivity contribution in [2.45, 2.75) is 50.7 Å². The first-order chi connectivity index (χ1) is 13.1. The first-order valence-corrected chi connectivity index (χ1v) is 9.44. The largest absolute Gasteiger partial charge is 0.370 e. The maximum atomic E-state index is 13.4. The molecular weight excluding hydrogens is 360 g/mol. The van der Waals surface area contributed by atoms with Gasteiger partial charge in [-0.2, -0.15) is 0 Å². The Morgan fingerprint density at radius 1 is 1.18 bits per heavy atom. The fourth-order valence-electron chi connectivity index (χ4n) is 4.97. The van der Waals surface area contributed by atoms with E-state index in [4.69, 9.17) is 5.73 Å². The summed E-state index contributed by atoms with van der Waals surface area (Å²) in [4.78, 5) is 52.5. The van der Waals surface area contributed by atoms with Gasteiger partial charge in [-0.25, -0.2) is 0 Å². The van der Waals surface area contributed by atoms with E-state index in [1.54, 1.807) is 45.0 Å². The van der Waals surface area contributed by atoms with Gasteiger partial charge < -0.3 is 11.1 Å². The number of hydrogen-bond acceptors (Lipinski definition) is 5. The zero-order valence-corrected chi connectivity index (χ0v) is 16.1. The topological polar surface area (TPSA) is 122 Å². The monoisotopic (exact) mass is 384 g/mol. The molecular formula is C20H24N4O4. The Balaban J connectivity index is 1.86. The molecule has 4 amide bonds. The number of nitrogens with one attached hydrogen (secondary N) is 2. The highest BCUT2D eigenvalue weighted by atomic mass is 16.2. The first kappa shape index (κ1) is 18.6. The molecule has 0 radical (unpaired) electrons.